The van der Waals surface area contributed by atoms with E-state index in [1.165, 1.54) is 24.0 Å². The van der Waals surface area contributed by atoms with Crippen LogP contribution >= 0.6 is 11.3 Å². The van der Waals surface area contributed by atoms with Crippen LogP contribution in [0.3, 0.4) is 0 Å². The fraction of sp³-hybridized carbons (Fsp3) is 0.421. The lowest BCUT2D eigenvalue weighted by molar-refractivity contribution is -0.146. The van der Waals surface area contributed by atoms with Gasteiger partial charge in [0.25, 0.3) is 5.91 Å². The Labute approximate surface area is 157 Å². The van der Waals surface area contributed by atoms with Gasteiger partial charge in [-0.05, 0) is 38.3 Å². The number of aromatic nitrogens is 1. The summed E-state index contributed by atoms with van der Waals surface area (Å²) in [5, 5.41) is 5.76. The average Bonchev–Trinajstić information content (AvgIpc) is 3.11. The number of anilines is 2. The molecule has 0 radical (unpaired) electrons. The molecule has 1 N–H and O–H groups in total. The summed E-state index contributed by atoms with van der Waals surface area (Å²) in [6.07, 6.45) is 1.27. The molecule has 1 saturated heterocycles. The first-order valence-electron chi connectivity index (χ1n) is 8.65. The smallest absolute Gasteiger partial charge is 0.308 e. The van der Waals surface area contributed by atoms with Crippen molar-refractivity contribution >= 4 is 34.0 Å². The van der Waals surface area contributed by atoms with Gasteiger partial charge in [-0.25, -0.2) is 4.98 Å². The van der Waals surface area contributed by atoms with Crippen molar-refractivity contribution in [3.63, 3.8) is 0 Å². The molecule has 1 aromatic heterocycles. The number of piperidine rings is 1. The third-order valence-corrected chi connectivity index (χ3v) is 5.42. The number of esters is 1. The molecule has 1 aliphatic heterocycles. The molecule has 1 aliphatic rings. The summed E-state index contributed by atoms with van der Waals surface area (Å²) >= 11 is 1.41. The predicted molar refractivity (Wildman–Crippen MR) is 102 cm³/mol. The zero-order valence-electron chi connectivity index (χ0n) is 15.2. The number of rotatable bonds is 4. The Morgan fingerprint density at radius 3 is 2.65 bits per heavy atom. The maximum atomic E-state index is 12.6. The van der Waals surface area contributed by atoms with E-state index in [2.05, 4.69) is 23.3 Å². The van der Waals surface area contributed by atoms with Crippen LogP contribution in [0.4, 0.5) is 10.8 Å². The van der Waals surface area contributed by atoms with Crippen molar-refractivity contribution in [1.82, 2.24) is 9.88 Å². The summed E-state index contributed by atoms with van der Waals surface area (Å²) < 4.78 is 4.79. The topological polar surface area (TPSA) is 71.5 Å². The molecular weight excluding hydrogens is 350 g/mol. The van der Waals surface area contributed by atoms with Gasteiger partial charge in [0, 0.05) is 24.2 Å². The summed E-state index contributed by atoms with van der Waals surface area (Å²) in [6.45, 7) is 5.20. The number of ether oxygens (including phenoxy) is 1. The number of hydrogen-bond donors (Lipinski definition) is 1. The van der Waals surface area contributed by atoms with Gasteiger partial charge in [-0.15, -0.1) is 11.3 Å². The van der Waals surface area contributed by atoms with Gasteiger partial charge in [0.05, 0.1) is 13.0 Å². The van der Waals surface area contributed by atoms with Crippen molar-refractivity contribution in [2.75, 3.05) is 25.5 Å². The van der Waals surface area contributed by atoms with E-state index in [1.54, 1.807) is 10.3 Å². The number of amides is 1. The van der Waals surface area contributed by atoms with Gasteiger partial charge in [0.15, 0.2) is 5.13 Å². The molecule has 0 saturated carbocycles. The number of carbonyl (C=O) groups excluding carboxylic acids is 2. The number of hydrogen-bond acceptors (Lipinski definition) is 6. The maximum Gasteiger partial charge on any atom is 0.308 e. The molecule has 1 aromatic carbocycles. The van der Waals surface area contributed by atoms with Gasteiger partial charge in [-0.1, -0.05) is 17.7 Å². The molecular formula is C19H23N3O3S. The number of aryl methyl sites for hydroxylation is 2. The molecule has 6 nitrogen and oxygen atoms in total. The highest BCUT2D eigenvalue weighted by atomic mass is 32.1. The van der Waals surface area contributed by atoms with Gasteiger partial charge < -0.3 is 15.0 Å². The second-order valence-corrected chi connectivity index (χ2v) is 7.43. The van der Waals surface area contributed by atoms with Gasteiger partial charge in [-0.3, -0.25) is 9.59 Å². The molecule has 2 aromatic rings. The number of methoxy groups -OCH3 is 1. The van der Waals surface area contributed by atoms with E-state index >= 15 is 0 Å². The summed E-state index contributed by atoms with van der Waals surface area (Å²) in [6, 6.07) is 6.17. The molecule has 2 heterocycles. The SMILES string of the molecule is COC(=O)C1CCN(C(=O)c2csc(Nc3ccc(C)cc3C)n2)CC1. The number of nitrogens with one attached hydrogen (secondary N) is 1. The average molecular weight is 373 g/mol. The summed E-state index contributed by atoms with van der Waals surface area (Å²) in [4.78, 5) is 30.4. The van der Waals surface area contributed by atoms with E-state index < -0.39 is 0 Å². The normalized spacial score (nSPS) is 15.0. The highest BCUT2D eigenvalue weighted by Gasteiger charge is 2.29. The van der Waals surface area contributed by atoms with E-state index in [0.29, 0.717) is 36.8 Å². The lowest BCUT2D eigenvalue weighted by Crippen LogP contribution is -2.40. The van der Waals surface area contributed by atoms with Gasteiger partial charge in [0.1, 0.15) is 5.69 Å². The minimum absolute atomic E-state index is 0.0850. The fourth-order valence-corrected chi connectivity index (χ4v) is 3.84. The van der Waals surface area contributed by atoms with Crippen LogP contribution in [0.1, 0.15) is 34.5 Å². The fourth-order valence-electron chi connectivity index (χ4n) is 3.15. The number of thiazole rings is 1. The molecule has 138 valence electrons. The highest BCUT2D eigenvalue weighted by Crippen LogP contribution is 2.26. The standard InChI is InChI=1S/C19H23N3O3S/c1-12-4-5-15(13(2)10-12)20-19-21-16(11-26-19)17(23)22-8-6-14(7-9-22)18(24)25-3/h4-5,10-11,14H,6-9H2,1-3H3,(H,20,21). The first-order valence-corrected chi connectivity index (χ1v) is 9.53. The summed E-state index contributed by atoms with van der Waals surface area (Å²) in [5.74, 6) is -0.384. The van der Waals surface area contributed by atoms with Crippen LogP contribution in [0.15, 0.2) is 23.6 Å². The lowest BCUT2D eigenvalue weighted by Gasteiger charge is -2.30. The third-order valence-electron chi connectivity index (χ3n) is 4.66. The Balaban J connectivity index is 1.62. The Kier molecular flexibility index (Phi) is 5.56. The molecule has 0 aliphatic carbocycles. The minimum atomic E-state index is -0.189. The third kappa shape index (κ3) is 4.04. The van der Waals surface area contributed by atoms with Crippen LogP contribution in [0.5, 0.6) is 0 Å². The van der Waals surface area contributed by atoms with E-state index in [1.807, 2.05) is 19.1 Å². The molecule has 1 fully saturated rings. The molecule has 0 bridgehead atoms. The Morgan fingerprint density at radius 1 is 1.27 bits per heavy atom. The lowest BCUT2D eigenvalue weighted by atomic mass is 9.97. The molecule has 0 spiro atoms. The Bertz CT molecular complexity index is 810. The van der Waals surface area contributed by atoms with E-state index in [4.69, 9.17) is 4.74 Å². The van der Waals surface area contributed by atoms with Crippen molar-refractivity contribution in [2.24, 2.45) is 5.92 Å². The van der Waals surface area contributed by atoms with Crippen LogP contribution < -0.4 is 5.32 Å². The molecule has 3 rings (SSSR count). The second-order valence-electron chi connectivity index (χ2n) is 6.57. The summed E-state index contributed by atoms with van der Waals surface area (Å²) in [7, 11) is 1.40. The molecule has 0 unspecified atom stereocenters. The Morgan fingerprint density at radius 2 is 2.00 bits per heavy atom. The minimum Gasteiger partial charge on any atom is -0.469 e. The van der Waals surface area contributed by atoms with Crippen LogP contribution in [-0.2, 0) is 9.53 Å². The predicted octanol–water partition coefficient (Wildman–Crippen LogP) is 3.53. The first kappa shape index (κ1) is 18.4. The number of benzene rings is 1. The quantitative estimate of drug-likeness (QED) is 0.830. The molecule has 1 amide bonds. The maximum absolute atomic E-state index is 12.6. The van der Waals surface area contributed by atoms with Crippen molar-refractivity contribution in [1.29, 1.82) is 0 Å². The van der Waals surface area contributed by atoms with Crippen molar-refractivity contribution in [3.05, 3.63) is 40.4 Å². The first-order chi connectivity index (χ1) is 12.5. The molecule has 7 heteroatoms. The van der Waals surface area contributed by atoms with Gasteiger partial charge in [0.2, 0.25) is 0 Å². The summed E-state index contributed by atoms with van der Waals surface area (Å²) in [5.41, 5.74) is 3.78. The van der Waals surface area contributed by atoms with E-state index in [-0.39, 0.29) is 17.8 Å². The zero-order chi connectivity index (χ0) is 18.7. The van der Waals surface area contributed by atoms with Crippen LogP contribution in [0.25, 0.3) is 0 Å². The van der Waals surface area contributed by atoms with Crippen molar-refractivity contribution in [2.45, 2.75) is 26.7 Å². The number of nitrogens with zero attached hydrogens (tertiary/aromatic N) is 2. The van der Waals surface area contributed by atoms with Crippen LogP contribution in [-0.4, -0.2) is 42.0 Å². The van der Waals surface area contributed by atoms with Crippen LogP contribution in [0, 0.1) is 19.8 Å². The van der Waals surface area contributed by atoms with Crippen molar-refractivity contribution < 1.29 is 14.3 Å². The van der Waals surface area contributed by atoms with E-state index in [0.717, 1.165) is 11.3 Å². The van der Waals surface area contributed by atoms with Crippen LogP contribution in [0.2, 0.25) is 0 Å². The molecule has 0 atom stereocenters. The zero-order valence-corrected chi connectivity index (χ0v) is 16.1. The Hall–Kier alpha value is -2.41. The van der Waals surface area contributed by atoms with E-state index in [9.17, 15) is 9.59 Å². The van der Waals surface area contributed by atoms with Gasteiger partial charge >= 0.3 is 5.97 Å². The van der Waals surface area contributed by atoms with Gasteiger partial charge in [-0.2, -0.15) is 0 Å². The highest BCUT2D eigenvalue weighted by molar-refractivity contribution is 7.14. The largest absolute Gasteiger partial charge is 0.469 e. The molecule has 26 heavy (non-hydrogen) atoms. The monoisotopic (exact) mass is 373 g/mol. The number of carbonyl (C=O) groups is 2. The van der Waals surface area contributed by atoms with Crippen molar-refractivity contribution in [3.8, 4) is 0 Å². The number of likely N-dealkylation sites (tertiary alicyclic amines) is 1. The second kappa shape index (κ2) is 7.86.